The third-order valence-corrected chi connectivity index (χ3v) is 1.83. The van der Waals surface area contributed by atoms with Crippen LogP contribution in [0.5, 0.6) is 5.75 Å². The first kappa shape index (κ1) is 7.81. The van der Waals surface area contributed by atoms with Gasteiger partial charge in [0.25, 0.3) is 0 Å². The van der Waals surface area contributed by atoms with Crippen LogP contribution in [-0.2, 0) is 0 Å². The molecule has 0 amide bonds. The summed E-state index contributed by atoms with van der Waals surface area (Å²) in [6.07, 6.45) is 1.64. The van der Waals surface area contributed by atoms with Crippen molar-refractivity contribution in [2.45, 2.75) is 0 Å². The maximum Gasteiger partial charge on any atom is 0.127 e. The quantitative estimate of drug-likeness (QED) is 0.605. The molecule has 0 fully saturated rings. The lowest BCUT2D eigenvalue weighted by Gasteiger charge is -2.13. The zero-order valence-electron chi connectivity index (χ0n) is 6.75. The van der Waals surface area contributed by atoms with Gasteiger partial charge in [0.1, 0.15) is 18.2 Å². The highest BCUT2D eigenvalue weighted by Gasteiger charge is 2.10. The number of fused-ring (bicyclic) bond motifs is 1. The molecule has 1 aromatic carbocycles. The molecule has 64 valence electrons. The molecule has 0 spiro atoms. The Balaban J connectivity index is 2.51. The number of halogens is 1. The van der Waals surface area contributed by atoms with Gasteiger partial charge in [0, 0.05) is 5.56 Å². The summed E-state index contributed by atoms with van der Waals surface area (Å²) in [7, 11) is 0. The van der Waals surface area contributed by atoms with E-state index in [0.29, 0.717) is 16.9 Å². The van der Waals surface area contributed by atoms with Gasteiger partial charge in [-0.2, -0.15) is 5.26 Å². The lowest BCUT2D eigenvalue weighted by Crippen LogP contribution is -2.05. The van der Waals surface area contributed by atoms with E-state index in [-0.39, 0.29) is 12.4 Å². The van der Waals surface area contributed by atoms with Crippen LogP contribution in [0.15, 0.2) is 23.8 Å². The van der Waals surface area contributed by atoms with Gasteiger partial charge in [-0.15, -0.1) is 0 Å². The number of rotatable bonds is 0. The standard InChI is InChI=1S/C10H6FNO/c11-9-1-2-10-8(4-9)3-7(5-12)6-13-10/h1-4H,6H2. The lowest BCUT2D eigenvalue weighted by molar-refractivity contribution is 0.351. The van der Waals surface area contributed by atoms with Gasteiger partial charge >= 0.3 is 0 Å². The zero-order chi connectivity index (χ0) is 9.26. The van der Waals surface area contributed by atoms with Gasteiger partial charge in [0.05, 0.1) is 11.6 Å². The molecule has 0 saturated carbocycles. The van der Waals surface area contributed by atoms with Gasteiger partial charge in [-0.25, -0.2) is 4.39 Å². The number of benzene rings is 1. The minimum absolute atomic E-state index is 0.273. The molecular weight excluding hydrogens is 169 g/mol. The summed E-state index contributed by atoms with van der Waals surface area (Å²) >= 11 is 0. The first-order valence-electron chi connectivity index (χ1n) is 3.82. The fourth-order valence-corrected chi connectivity index (χ4v) is 1.21. The third-order valence-electron chi connectivity index (χ3n) is 1.83. The van der Waals surface area contributed by atoms with Gasteiger partial charge in [0.15, 0.2) is 0 Å². The van der Waals surface area contributed by atoms with Gasteiger partial charge in [-0.05, 0) is 24.3 Å². The van der Waals surface area contributed by atoms with Gasteiger partial charge in [-0.3, -0.25) is 0 Å². The van der Waals surface area contributed by atoms with Crippen molar-refractivity contribution in [2.24, 2.45) is 0 Å². The van der Waals surface area contributed by atoms with Crippen molar-refractivity contribution in [3.63, 3.8) is 0 Å². The molecule has 0 unspecified atom stereocenters. The topological polar surface area (TPSA) is 33.0 Å². The summed E-state index contributed by atoms with van der Waals surface area (Å²) in [5.41, 5.74) is 1.14. The Kier molecular flexibility index (Phi) is 1.75. The number of nitrogens with zero attached hydrogens (tertiary/aromatic N) is 1. The summed E-state index contributed by atoms with van der Waals surface area (Å²) in [4.78, 5) is 0. The Morgan fingerprint density at radius 2 is 2.31 bits per heavy atom. The second-order valence-electron chi connectivity index (χ2n) is 2.75. The second kappa shape index (κ2) is 2.91. The molecule has 1 aliphatic rings. The van der Waals surface area contributed by atoms with Gasteiger partial charge in [-0.1, -0.05) is 0 Å². The Bertz CT molecular complexity index is 417. The molecule has 13 heavy (non-hydrogen) atoms. The SMILES string of the molecule is N#CC1=Cc2cc(F)ccc2OC1. The average Bonchev–Trinajstić information content (AvgIpc) is 2.16. The molecule has 0 radical (unpaired) electrons. The Hall–Kier alpha value is -1.82. The van der Waals surface area contributed by atoms with Crippen molar-refractivity contribution < 1.29 is 9.13 Å². The summed E-state index contributed by atoms with van der Waals surface area (Å²) in [6, 6.07) is 6.23. The first-order valence-corrected chi connectivity index (χ1v) is 3.82. The minimum atomic E-state index is -0.321. The molecule has 0 aromatic heterocycles. The highest BCUT2D eigenvalue weighted by molar-refractivity contribution is 5.65. The van der Waals surface area contributed by atoms with Crippen molar-refractivity contribution in [1.29, 1.82) is 5.26 Å². The molecule has 0 N–H and O–H groups in total. The highest BCUT2D eigenvalue weighted by Crippen LogP contribution is 2.26. The molecule has 2 nitrogen and oxygen atoms in total. The number of nitriles is 1. The molecular formula is C10H6FNO. The van der Waals surface area contributed by atoms with Crippen LogP contribution in [0.1, 0.15) is 5.56 Å². The maximum absolute atomic E-state index is 12.8. The fraction of sp³-hybridized carbons (Fsp3) is 0.100. The largest absolute Gasteiger partial charge is 0.488 e. The summed E-state index contributed by atoms with van der Waals surface area (Å²) in [6.45, 7) is 0.273. The fourth-order valence-electron chi connectivity index (χ4n) is 1.21. The summed E-state index contributed by atoms with van der Waals surface area (Å²) in [5.74, 6) is 0.304. The molecule has 3 heteroatoms. The molecule has 1 aromatic rings. The predicted molar refractivity (Wildman–Crippen MR) is 45.5 cm³/mol. The van der Waals surface area contributed by atoms with Crippen molar-refractivity contribution in [3.05, 3.63) is 35.2 Å². The molecule has 0 bridgehead atoms. The van der Waals surface area contributed by atoms with E-state index in [1.165, 1.54) is 12.1 Å². The Morgan fingerprint density at radius 3 is 3.08 bits per heavy atom. The van der Waals surface area contributed by atoms with Crippen LogP contribution in [0.4, 0.5) is 4.39 Å². The Morgan fingerprint density at radius 1 is 1.46 bits per heavy atom. The number of hydrogen-bond acceptors (Lipinski definition) is 2. The van der Waals surface area contributed by atoms with Crippen molar-refractivity contribution in [3.8, 4) is 11.8 Å². The van der Waals surface area contributed by atoms with Crippen LogP contribution in [0.25, 0.3) is 6.08 Å². The van der Waals surface area contributed by atoms with E-state index in [1.807, 2.05) is 6.07 Å². The Labute approximate surface area is 74.9 Å². The predicted octanol–water partition coefficient (Wildman–Crippen LogP) is 2.13. The van der Waals surface area contributed by atoms with E-state index in [9.17, 15) is 4.39 Å². The van der Waals surface area contributed by atoms with Crippen molar-refractivity contribution in [2.75, 3.05) is 6.61 Å². The summed E-state index contributed by atoms with van der Waals surface area (Å²) < 4.78 is 18.0. The molecule has 0 saturated heterocycles. The van der Waals surface area contributed by atoms with Gasteiger partial charge < -0.3 is 4.74 Å². The monoisotopic (exact) mass is 175 g/mol. The molecule has 0 atom stereocenters. The lowest BCUT2D eigenvalue weighted by atomic mass is 10.1. The van der Waals surface area contributed by atoms with E-state index in [0.717, 1.165) is 0 Å². The highest BCUT2D eigenvalue weighted by atomic mass is 19.1. The second-order valence-corrected chi connectivity index (χ2v) is 2.75. The van der Waals surface area contributed by atoms with Crippen molar-refractivity contribution in [1.82, 2.24) is 0 Å². The van der Waals surface area contributed by atoms with E-state index in [1.54, 1.807) is 12.1 Å². The molecule has 0 aliphatic carbocycles. The average molecular weight is 175 g/mol. The zero-order valence-corrected chi connectivity index (χ0v) is 6.75. The van der Waals surface area contributed by atoms with E-state index >= 15 is 0 Å². The van der Waals surface area contributed by atoms with Crippen LogP contribution in [-0.4, -0.2) is 6.61 Å². The van der Waals surface area contributed by atoms with Crippen LogP contribution >= 0.6 is 0 Å². The van der Waals surface area contributed by atoms with Gasteiger partial charge in [0.2, 0.25) is 0 Å². The van der Waals surface area contributed by atoms with Crippen LogP contribution < -0.4 is 4.74 Å². The number of hydrogen-bond donors (Lipinski definition) is 0. The van der Waals surface area contributed by atoms with Crippen LogP contribution in [0.2, 0.25) is 0 Å². The summed E-state index contributed by atoms with van der Waals surface area (Å²) in [5, 5.41) is 8.59. The number of ether oxygens (including phenoxy) is 1. The van der Waals surface area contributed by atoms with Crippen LogP contribution in [0, 0.1) is 17.1 Å². The first-order chi connectivity index (χ1) is 6.29. The minimum Gasteiger partial charge on any atom is -0.488 e. The normalized spacial score (nSPS) is 13.7. The molecule has 2 rings (SSSR count). The smallest absolute Gasteiger partial charge is 0.127 e. The molecule has 1 heterocycles. The van der Waals surface area contributed by atoms with E-state index in [2.05, 4.69) is 0 Å². The van der Waals surface area contributed by atoms with Crippen LogP contribution in [0.3, 0.4) is 0 Å². The third kappa shape index (κ3) is 1.38. The maximum atomic E-state index is 12.8. The van der Waals surface area contributed by atoms with E-state index < -0.39 is 0 Å². The van der Waals surface area contributed by atoms with E-state index in [4.69, 9.17) is 10.00 Å². The van der Waals surface area contributed by atoms with Crippen molar-refractivity contribution >= 4 is 6.08 Å². The molecule has 1 aliphatic heterocycles.